The van der Waals surface area contributed by atoms with Crippen LogP contribution in [0.2, 0.25) is 0 Å². The molecule has 2 heterocycles. The first kappa shape index (κ1) is 11.9. The molecule has 0 spiro atoms. The third-order valence-corrected chi connectivity index (χ3v) is 2.71. The molecule has 0 bridgehead atoms. The van der Waals surface area contributed by atoms with E-state index in [1.54, 1.807) is 0 Å². The molecule has 0 amide bonds. The smallest absolute Gasteiger partial charge is 0.117 e. The number of rotatable bonds is 6. The highest BCUT2D eigenvalue weighted by Gasteiger charge is 2.00. The van der Waals surface area contributed by atoms with Gasteiger partial charge in [-0.25, -0.2) is 0 Å². The summed E-state index contributed by atoms with van der Waals surface area (Å²) in [5, 5.41) is 7.50. The molecule has 0 unspecified atom stereocenters. The lowest BCUT2D eigenvalue weighted by molar-refractivity contribution is 0.451. The zero-order chi connectivity index (χ0) is 12.1. The maximum atomic E-state index is 5.61. The monoisotopic (exact) mass is 233 g/mol. The van der Waals surface area contributed by atoms with Gasteiger partial charge in [-0.2, -0.15) is 5.10 Å². The molecule has 92 valence electrons. The van der Waals surface area contributed by atoms with Gasteiger partial charge in [0.25, 0.3) is 0 Å². The number of furan rings is 1. The first-order valence-corrected chi connectivity index (χ1v) is 6.03. The number of nitrogens with zero attached hydrogens (tertiary/aromatic N) is 2. The Bertz CT molecular complexity index is 459. The van der Waals surface area contributed by atoms with Crippen LogP contribution in [0.15, 0.2) is 28.9 Å². The summed E-state index contributed by atoms with van der Waals surface area (Å²) < 4.78 is 7.44. The summed E-state index contributed by atoms with van der Waals surface area (Å²) >= 11 is 0. The van der Waals surface area contributed by atoms with E-state index in [2.05, 4.69) is 17.3 Å². The predicted octanol–water partition coefficient (Wildman–Crippen LogP) is 1.91. The second-order valence-corrected chi connectivity index (χ2v) is 4.17. The lowest BCUT2D eigenvalue weighted by Crippen LogP contribution is -2.16. The van der Waals surface area contributed by atoms with Gasteiger partial charge in [0.1, 0.15) is 11.5 Å². The molecule has 0 aromatic carbocycles. The Kier molecular flexibility index (Phi) is 3.98. The number of aromatic nitrogens is 2. The van der Waals surface area contributed by atoms with E-state index in [1.807, 2.05) is 36.3 Å². The standard InChI is InChI=1S/C13H19N3O/c1-3-12-4-5-13(17-12)9-14-7-6-11-8-15-16(2)10-11/h4-5,8,10,14H,3,6-7,9H2,1-2H3. The van der Waals surface area contributed by atoms with Crippen LogP contribution in [-0.2, 0) is 26.4 Å². The molecule has 4 heteroatoms. The van der Waals surface area contributed by atoms with E-state index in [1.165, 1.54) is 5.56 Å². The summed E-state index contributed by atoms with van der Waals surface area (Å²) in [5.74, 6) is 2.06. The Balaban J connectivity index is 1.69. The van der Waals surface area contributed by atoms with E-state index >= 15 is 0 Å². The molecule has 0 aliphatic carbocycles. The third-order valence-electron chi connectivity index (χ3n) is 2.71. The van der Waals surface area contributed by atoms with Crippen LogP contribution in [-0.4, -0.2) is 16.3 Å². The van der Waals surface area contributed by atoms with E-state index in [9.17, 15) is 0 Å². The van der Waals surface area contributed by atoms with Crippen LogP contribution in [0, 0.1) is 0 Å². The quantitative estimate of drug-likeness (QED) is 0.775. The fourth-order valence-electron chi connectivity index (χ4n) is 1.75. The van der Waals surface area contributed by atoms with Gasteiger partial charge < -0.3 is 9.73 Å². The van der Waals surface area contributed by atoms with E-state index in [0.717, 1.165) is 37.5 Å². The highest BCUT2D eigenvalue weighted by atomic mass is 16.3. The maximum Gasteiger partial charge on any atom is 0.117 e. The molecule has 0 aliphatic heterocycles. The summed E-state index contributed by atoms with van der Waals surface area (Å²) in [6.45, 7) is 3.83. The summed E-state index contributed by atoms with van der Waals surface area (Å²) in [6.07, 6.45) is 5.90. The molecule has 2 aromatic rings. The van der Waals surface area contributed by atoms with Crippen molar-refractivity contribution < 1.29 is 4.42 Å². The Labute approximate surface area is 102 Å². The maximum absolute atomic E-state index is 5.61. The molecule has 0 saturated heterocycles. The van der Waals surface area contributed by atoms with Gasteiger partial charge in [0, 0.05) is 19.7 Å². The Hall–Kier alpha value is -1.55. The predicted molar refractivity (Wildman–Crippen MR) is 66.7 cm³/mol. The van der Waals surface area contributed by atoms with Crippen LogP contribution >= 0.6 is 0 Å². The average molecular weight is 233 g/mol. The molecule has 17 heavy (non-hydrogen) atoms. The van der Waals surface area contributed by atoms with Crippen LogP contribution in [0.1, 0.15) is 24.0 Å². The number of hydrogen-bond donors (Lipinski definition) is 1. The van der Waals surface area contributed by atoms with Crippen molar-refractivity contribution in [2.45, 2.75) is 26.3 Å². The Morgan fingerprint density at radius 2 is 2.18 bits per heavy atom. The van der Waals surface area contributed by atoms with Crippen LogP contribution in [0.4, 0.5) is 0 Å². The van der Waals surface area contributed by atoms with Crippen molar-refractivity contribution in [2.24, 2.45) is 7.05 Å². The van der Waals surface area contributed by atoms with Crippen molar-refractivity contribution in [3.8, 4) is 0 Å². The van der Waals surface area contributed by atoms with Crippen molar-refractivity contribution in [1.82, 2.24) is 15.1 Å². The minimum atomic E-state index is 0.792. The summed E-state index contributed by atoms with van der Waals surface area (Å²) in [5.41, 5.74) is 1.26. The second-order valence-electron chi connectivity index (χ2n) is 4.17. The zero-order valence-electron chi connectivity index (χ0n) is 10.4. The van der Waals surface area contributed by atoms with Gasteiger partial charge in [0.15, 0.2) is 0 Å². The number of hydrogen-bond acceptors (Lipinski definition) is 3. The topological polar surface area (TPSA) is 43.0 Å². The van der Waals surface area contributed by atoms with Gasteiger partial charge in [0.2, 0.25) is 0 Å². The molecule has 0 aliphatic rings. The normalized spacial score (nSPS) is 10.9. The Morgan fingerprint density at radius 1 is 1.35 bits per heavy atom. The molecular formula is C13H19N3O. The van der Waals surface area contributed by atoms with Crippen molar-refractivity contribution in [2.75, 3.05) is 6.54 Å². The minimum Gasteiger partial charge on any atom is -0.465 e. The van der Waals surface area contributed by atoms with Gasteiger partial charge in [0.05, 0.1) is 12.7 Å². The first-order chi connectivity index (χ1) is 8.28. The molecule has 0 saturated carbocycles. The van der Waals surface area contributed by atoms with Crippen LogP contribution in [0.3, 0.4) is 0 Å². The molecular weight excluding hydrogens is 214 g/mol. The van der Waals surface area contributed by atoms with Gasteiger partial charge >= 0.3 is 0 Å². The van der Waals surface area contributed by atoms with E-state index in [0.29, 0.717) is 0 Å². The van der Waals surface area contributed by atoms with E-state index in [4.69, 9.17) is 4.42 Å². The molecule has 2 aromatic heterocycles. The number of aryl methyl sites for hydroxylation is 2. The van der Waals surface area contributed by atoms with Crippen molar-refractivity contribution in [3.63, 3.8) is 0 Å². The van der Waals surface area contributed by atoms with Crippen molar-refractivity contribution in [3.05, 3.63) is 41.6 Å². The average Bonchev–Trinajstić information content (AvgIpc) is 2.93. The van der Waals surface area contributed by atoms with Crippen LogP contribution in [0.5, 0.6) is 0 Å². The summed E-state index contributed by atoms with van der Waals surface area (Å²) in [7, 11) is 1.94. The molecule has 4 nitrogen and oxygen atoms in total. The van der Waals surface area contributed by atoms with Crippen molar-refractivity contribution >= 4 is 0 Å². The van der Waals surface area contributed by atoms with Gasteiger partial charge in [-0.15, -0.1) is 0 Å². The second kappa shape index (κ2) is 5.68. The number of nitrogens with one attached hydrogen (secondary N) is 1. The largest absolute Gasteiger partial charge is 0.465 e. The van der Waals surface area contributed by atoms with E-state index < -0.39 is 0 Å². The fraction of sp³-hybridized carbons (Fsp3) is 0.462. The van der Waals surface area contributed by atoms with Crippen LogP contribution in [0.25, 0.3) is 0 Å². The van der Waals surface area contributed by atoms with E-state index in [-0.39, 0.29) is 0 Å². The lowest BCUT2D eigenvalue weighted by Gasteiger charge is -2.00. The third kappa shape index (κ3) is 3.46. The van der Waals surface area contributed by atoms with Gasteiger partial charge in [-0.1, -0.05) is 6.92 Å². The van der Waals surface area contributed by atoms with Gasteiger partial charge in [-0.05, 0) is 30.7 Å². The summed E-state index contributed by atoms with van der Waals surface area (Å²) in [4.78, 5) is 0. The molecule has 0 radical (unpaired) electrons. The van der Waals surface area contributed by atoms with Crippen LogP contribution < -0.4 is 5.32 Å². The minimum absolute atomic E-state index is 0.792. The molecule has 2 rings (SSSR count). The van der Waals surface area contributed by atoms with Gasteiger partial charge in [-0.3, -0.25) is 4.68 Å². The first-order valence-electron chi connectivity index (χ1n) is 6.03. The molecule has 0 atom stereocenters. The fourth-order valence-corrected chi connectivity index (χ4v) is 1.75. The highest BCUT2D eigenvalue weighted by Crippen LogP contribution is 2.07. The molecule has 1 N–H and O–H groups in total. The molecule has 0 fully saturated rings. The SMILES string of the molecule is CCc1ccc(CNCCc2cnn(C)c2)o1. The summed E-state index contributed by atoms with van der Waals surface area (Å²) in [6, 6.07) is 4.08. The zero-order valence-corrected chi connectivity index (χ0v) is 10.4. The Morgan fingerprint density at radius 3 is 2.82 bits per heavy atom. The highest BCUT2D eigenvalue weighted by molar-refractivity contribution is 5.07. The lowest BCUT2D eigenvalue weighted by atomic mass is 10.2. The van der Waals surface area contributed by atoms with Crippen molar-refractivity contribution in [1.29, 1.82) is 0 Å².